The van der Waals surface area contributed by atoms with Crippen LogP contribution in [0.15, 0.2) is 42.5 Å². The molecule has 144 valence electrons. The van der Waals surface area contributed by atoms with Gasteiger partial charge in [0.2, 0.25) is 0 Å². The van der Waals surface area contributed by atoms with Gasteiger partial charge >= 0.3 is 6.18 Å². The molecule has 27 heavy (non-hydrogen) atoms. The maximum Gasteiger partial charge on any atom is 0.416 e. The molecule has 1 saturated heterocycles. The number of nitrogens with one attached hydrogen (secondary N) is 1. The summed E-state index contributed by atoms with van der Waals surface area (Å²) in [4.78, 5) is 14.6. The number of piperidine rings is 1. The van der Waals surface area contributed by atoms with E-state index in [0.717, 1.165) is 44.5 Å². The molecule has 1 amide bonds. The predicted octanol–water partition coefficient (Wildman–Crippen LogP) is 4.96. The lowest BCUT2D eigenvalue weighted by Crippen LogP contribution is -2.30. The second-order valence-electron chi connectivity index (χ2n) is 6.46. The van der Waals surface area contributed by atoms with Crippen molar-refractivity contribution in [2.45, 2.75) is 25.4 Å². The number of halogens is 3. The average Bonchev–Trinajstić information content (AvgIpc) is 2.68. The van der Waals surface area contributed by atoms with Crippen LogP contribution in [0.4, 0.5) is 24.5 Å². The highest BCUT2D eigenvalue weighted by Gasteiger charge is 2.32. The SMILES string of the molecule is COc1ccc(C(=O)Nc2cc(C(F)(F)F)ccc2N2CCCCC2)cc1. The Kier molecular flexibility index (Phi) is 5.58. The number of carbonyl (C=O) groups is 1. The maximum atomic E-state index is 13.1. The zero-order chi connectivity index (χ0) is 19.4. The van der Waals surface area contributed by atoms with Gasteiger partial charge in [-0.05, 0) is 61.7 Å². The molecular weight excluding hydrogens is 357 g/mol. The van der Waals surface area contributed by atoms with Crippen LogP contribution in [0.5, 0.6) is 5.75 Å². The standard InChI is InChI=1S/C20H21F3N2O2/c1-27-16-8-5-14(6-9-16)19(26)24-17-13-15(20(21,22)23)7-10-18(17)25-11-3-2-4-12-25/h5-10,13H,2-4,11-12H2,1H3,(H,24,26). The van der Waals surface area contributed by atoms with E-state index in [9.17, 15) is 18.0 Å². The van der Waals surface area contributed by atoms with Crippen LogP contribution in [-0.2, 0) is 6.18 Å². The monoisotopic (exact) mass is 378 g/mol. The Hall–Kier alpha value is -2.70. The Labute approximate surface area is 155 Å². The molecule has 0 spiro atoms. The molecule has 4 nitrogen and oxygen atoms in total. The third-order valence-corrected chi connectivity index (χ3v) is 4.62. The Bertz CT molecular complexity index is 798. The van der Waals surface area contributed by atoms with Gasteiger partial charge in [0, 0.05) is 18.7 Å². The quantitative estimate of drug-likeness (QED) is 0.818. The molecule has 1 heterocycles. The van der Waals surface area contributed by atoms with Crippen molar-refractivity contribution in [3.05, 3.63) is 53.6 Å². The van der Waals surface area contributed by atoms with Crippen molar-refractivity contribution in [3.8, 4) is 5.75 Å². The summed E-state index contributed by atoms with van der Waals surface area (Å²) in [6, 6.07) is 9.92. The minimum Gasteiger partial charge on any atom is -0.497 e. The first-order chi connectivity index (χ1) is 12.9. The molecule has 3 rings (SSSR count). The Balaban J connectivity index is 1.91. The van der Waals surface area contributed by atoms with Crippen LogP contribution in [0.2, 0.25) is 0 Å². The van der Waals surface area contributed by atoms with E-state index in [1.165, 1.54) is 13.2 Å². The first kappa shape index (κ1) is 19.1. The fourth-order valence-corrected chi connectivity index (χ4v) is 3.16. The van der Waals surface area contributed by atoms with Crippen LogP contribution in [-0.4, -0.2) is 26.1 Å². The van der Waals surface area contributed by atoms with Crippen molar-refractivity contribution in [3.63, 3.8) is 0 Å². The lowest BCUT2D eigenvalue weighted by molar-refractivity contribution is -0.137. The largest absolute Gasteiger partial charge is 0.497 e. The van der Waals surface area contributed by atoms with Gasteiger partial charge in [0.1, 0.15) is 5.75 Å². The van der Waals surface area contributed by atoms with Gasteiger partial charge in [-0.25, -0.2) is 0 Å². The number of ether oxygens (including phenoxy) is 1. The fraction of sp³-hybridized carbons (Fsp3) is 0.350. The van der Waals surface area contributed by atoms with Gasteiger partial charge in [0.05, 0.1) is 24.0 Å². The van der Waals surface area contributed by atoms with Crippen LogP contribution in [0.25, 0.3) is 0 Å². The van der Waals surface area contributed by atoms with Gasteiger partial charge in [0.25, 0.3) is 5.91 Å². The molecule has 0 saturated carbocycles. The normalized spacial score (nSPS) is 14.7. The van der Waals surface area contributed by atoms with Crippen LogP contribution >= 0.6 is 0 Å². The summed E-state index contributed by atoms with van der Waals surface area (Å²) in [6.07, 6.45) is -1.41. The van der Waals surface area contributed by atoms with Crippen molar-refractivity contribution in [2.75, 3.05) is 30.4 Å². The van der Waals surface area contributed by atoms with Crippen molar-refractivity contribution in [1.29, 1.82) is 0 Å². The van der Waals surface area contributed by atoms with E-state index in [2.05, 4.69) is 5.32 Å². The van der Waals surface area contributed by atoms with E-state index in [1.54, 1.807) is 24.3 Å². The van der Waals surface area contributed by atoms with E-state index in [4.69, 9.17) is 4.74 Å². The number of hydrogen-bond acceptors (Lipinski definition) is 3. The molecule has 1 fully saturated rings. The molecule has 1 aliphatic rings. The average molecular weight is 378 g/mol. The number of benzene rings is 2. The summed E-state index contributed by atoms with van der Waals surface area (Å²) in [7, 11) is 1.52. The summed E-state index contributed by atoms with van der Waals surface area (Å²) in [6.45, 7) is 1.52. The summed E-state index contributed by atoms with van der Waals surface area (Å²) in [5, 5.41) is 2.65. The van der Waals surface area contributed by atoms with E-state index in [1.807, 2.05) is 4.90 Å². The summed E-state index contributed by atoms with van der Waals surface area (Å²) < 4.78 is 44.5. The highest BCUT2D eigenvalue weighted by Crippen LogP contribution is 2.36. The molecule has 1 N–H and O–H groups in total. The predicted molar refractivity (Wildman–Crippen MR) is 98.5 cm³/mol. The number of carbonyl (C=O) groups excluding carboxylic acids is 1. The van der Waals surface area contributed by atoms with Gasteiger partial charge in [0.15, 0.2) is 0 Å². The van der Waals surface area contributed by atoms with Gasteiger partial charge in [-0.3, -0.25) is 4.79 Å². The number of anilines is 2. The second kappa shape index (κ2) is 7.90. The minimum absolute atomic E-state index is 0.174. The van der Waals surface area contributed by atoms with Crippen LogP contribution in [0.1, 0.15) is 35.2 Å². The lowest BCUT2D eigenvalue weighted by Gasteiger charge is -2.31. The van der Waals surface area contributed by atoms with Crippen molar-refractivity contribution in [1.82, 2.24) is 0 Å². The van der Waals surface area contributed by atoms with Crippen LogP contribution in [0, 0.1) is 0 Å². The number of amides is 1. The van der Waals surface area contributed by atoms with Gasteiger partial charge in [-0.1, -0.05) is 0 Å². The molecule has 2 aromatic carbocycles. The molecule has 0 radical (unpaired) electrons. The van der Waals surface area contributed by atoms with Gasteiger partial charge < -0.3 is 15.0 Å². The van der Waals surface area contributed by atoms with E-state index in [-0.39, 0.29) is 5.69 Å². The number of nitrogens with zero attached hydrogens (tertiary/aromatic N) is 1. The fourth-order valence-electron chi connectivity index (χ4n) is 3.16. The van der Waals surface area contributed by atoms with Crippen molar-refractivity contribution < 1.29 is 22.7 Å². The molecule has 0 atom stereocenters. The van der Waals surface area contributed by atoms with E-state index in [0.29, 0.717) is 17.0 Å². The zero-order valence-corrected chi connectivity index (χ0v) is 15.0. The third kappa shape index (κ3) is 4.53. The topological polar surface area (TPSA) is 41.6 Å². The van der Waals surface area contributed by atoms with Crippen LogP contribution in [0.3, 0.4) is 0 Å². The molecule has 0 aromatic heterocycles. The summed E-state index contributed by atoms with van der Waals surface area (Å²) >= 11 is 0. The minimum atomic E-state index is -4.47. The summed E-state index contributed by atoms with van der Waals surface area (Å²) in [5.74, 6) is 0.134. The first-order valence-electron chi connectivity index (χ1n) is 8.80. The lowest BCUT2D eigenvalue weighted by atomic mass is 10.1. The number of methoxy groups -OCH3 is 1. The number of rotatable bonds is 4. The molecule has 7 heteroatoms. The Morgan fingerprint density at radius 1 is 1.04 bits per heavy atom. The van der Waals surface area contributed by atoms with Gasteiger partial charge in [-0.2, -0.15) is 13.2 Å². The third-order valence-electron chi connectivity index (χ3n) is 4.62. The second-order valence-corrected chi connectivity index (χ2v) is 6.46. The Morgan fingerprint density at radius 2 is 1.70 bits per heavy atom. The zero-order valence-electron chi connectivity index (χ0n) is 15.0. The molecule has 0 bridgehead atoms. The van der Waals surface area contributed by atoms with Gasteiger partial charge in [-0.15, -0.1) is 0 Å². The smallest absolute Gasteiger partial charge is 0.416 e. The number of alkyl halides is 3. The van der Waals surface area contributed by atoms with E-state index >= 15 is 0 Å². The molecular formula is C20H21F3N2O2. The Morgan fingerprint density at radius 3 is 2.30 bits per heavy atom. The molecule has 0 aliphatic carbocycles. The first-order valence-corrected chi connectivity index (χ1v) is 8.80. The molecule has 0 unspecified atom stereocenters. The van der Waals surface area contributed by atoms with Crippen LogP contribution < -0.4 is 15.0 Å². The summed E-state index contributed by atoms with van der Waals surface area (Å²) in [5.41, 5.74) is 0.350. The van der Waals surface area contributed by atoms with Crippen molar-refractivity contribution in [2.24, 2.45) is 0 Å². The maximum absolute atomic E-state index is 13.1. The van der Waals surface area contributed by atoms with E-state index < -0.39 is 17.6 Å². The highest BCUT2D eigenvalue weighted by molar-refractivity contribution is 6.06. The molecule has 1 aliphatic heterocycles. The van der Waals surface area contributed by atoms with Crippen molar-refractivity contribution >= 4 is 17.3 Å². The highest BCUT2D eigenvalue weighted by atomic mass is 19.4. The molecule has 2 aromatic rings. The number of hydrogen-bond donors (Lipinski definition) is 1.